The van der Waals surface area contributed by atoms with Crippen LogP contribution >= 0.6 is 0 Å². The topological polar surface area (TPSA) is 6.48 Å². The van der Waals surface area contributed by atoms with Gasteiger partial charge in [-0.2, -0.15) is 0 Å². The van der Waals surface area contributed by atoms with E-state index in [-0.39, 0.29) is 6.04 Å². The quantitative estimate of drug-likeness (QED) is 0.178. The second kappa shape index (κ2) is 13.0. The first-order chi connectivity index (χ1) is 21.8. The molecule has 0 spiro atoms. The van der Waals surface area contributed by atoms with Gasteiger partial charge in [-0.15, -0.1) is 0 Å². The van der Waals surface area contributed by atoms with E-state index in [1.807, 2.05) is 0 Å². The first-order valence-electron chi connectivity index (χ1n) is 16.2. The molecule has 0 fully saturated rings. The van der Waals surface area contributed by atoms with Crippen molar-refractivity contribution in [3.8, 4) is 11.1 Å². The maximum atomic E-state index is 2.51. The lowest BCUT2D eigenvalue weighted by molar-refractivity contribution is 0.756. The summed E-state index contributed by atoms with van der Waals surface area (Å²) in [5.41, 5.74) is 16.3. The second-order valence-electron chi connectivity index (χ2n) is 12.6. The molecule has 226 valence electrons. The smallest absolute Gasteiger partial charge is 0.0562 e. The van der Waals surface area contributed by atoms with Gasteiger partial charge in [-0.25, -0.2) is 0 Å². The first-order valence-corrected chi connectivity index (χ1v) is 16.2. The van der Waals surface area contributed by atoms with Crippen molar-refractivity contribution in [2.24, 2.45) is 0 Å². The molecule has 0 bridgehead atoms. The van der Waals surface area contributed by atoms with Crippen molar-refractivity contribution in [2.75, 3.05) is 9.80 Å². The fourth-order valence-corrected chi connectivity index (χ4v) is 6.62. The van der Waals surface area contributed by atoms with Crippen molar-refractivity contribution in [3.05, 3.63) is 161 Å². The Morgan fingerprint density at radius 2 is 1.11 bits per heavy atom. The number of benzene rings is 5. The summed E-state index contributed by atoms with van der Waals surface area (Å²) in [6.07, 6.45) is 8.83. The zero-order valence-electron chi connectivity index (χ0n) is 27.5. The van der Waals surface area contributed by atoms with Crippen molar-refractivity contribution in [1.29, 1.82) is 0 Å². The molecule has 1 unspecified atom stereocenters. The van der Waals surface area contributed by atoms with E-state index >= 15 is 0 Å². The molecule has 0 saturated heterocycles. The summed E-state index contributed by atoms with van der Waals surface area (Å²) in [5, 5.41) is 0. The summed E-state index contributed by atoms with van der Waals surface area (Å²) in [7, 11) is 0. The molecule has 0 amide bonds. The molecule has 0 aliphatic heterocycles. The Hall–Kier alpha value is -4.82. The molecule has 2 heteroatoms. The second-order valence-corrected chi connectivity index (χ2v) is 12.6. The van der Waals surface area contributed by atoms with E-state index in [1.54, 1.807) is 0 Å². The minimum Gasteiger partial charge on any atom is -0.334 e. The predicted molar refractivity (Wildman–Crippen MR) is 195 cm³/mol. The van der Waals surface area contributed by atoms with Crippen LogP contribution in [0.2, 0.25) is 0 Å². The maximum absolute atomic E-state index is 2.51. The average Bonchev–Trinajstić information content (AvgIpc) is 3.02. The number of allylic oxidation sites excluding steroid dienone is 2. The van der Waals surface area contributed by atoms with Gasteiger partial charge in [0.25, 0.3) is 0 Å². The molecule has 5 aromatic carbocycles. The summed E-state index contributed by atoms with van der Waals surface area (Å²) in [6, 6.07) is 40.7. The van der Waals surface area contributed by atoms with E-state index < -0.39 is 0 Å². The number of anilines is 5. The fourth-order valence-electron chi connectivity index (χ4n) is 6.62. The highest BCUT2D eigenvalue weighted by molar-refractivity contribution is 5.81. The van der Waals surface area contributed by atoms with Crippen LogP contribution in [0.5, 0.6) is 0 Å². The molecule has 0 aromatic heterocycles. The van der Waals surface area contributed by atoms with E-state index in [0.29, 0.717) is 0 Å². The van der Waals surface area contributed by atoms with Gasteiger partial charge in [0.2, 0.25) is 0 Å². The summed E-state index contributed by atoms with van der Waals surface area (Å²) in [5.74, 6) is 0. The molecule has 0 N–H and O–H groups in total. The molecular weight excluding hydrogens is 544 g/mol. The van der Waals surface area contributed by atoms with Gasteiger partial charge in [0, 0.05) is 28.4 Å². The lowest BCUT2D eigenvalue weighted by atomic mass is 9.94. The van der Waals surface area contributed by atoms with Crippen LogP contribution in [-0.2, 0) is 6.42 Å². The minimum absolute atomic E-state index is 0.280. The summed E-state index contributed by atoms with van der Waals surface area (Å²) in [4.78, 5) is 4.88. The average molecular weight is 589 g/mol. The van der Waals surface area contributed by atoms with Crippen LogP contribution in [0.3, 0.4) is 0 Å². The highest BCUT2D eigenvalue weighted by Gasteiger charge is 2.22. The molecule has 45 heavy (non-hydrogen) atoms. The summed E-state index contributed by atoms with van der Waals surface area (Å²) in [6.45, 7) is 13.3. The highest BCUT2D eigenvalue weighted by atomic mass is 15.2. The van der Waals surface area contributed by atoms with Crippen LogP contribution in [0, 0.1) is 27.7 Å². The van der Waals surface area contributed by atoms with Gasteiger partial charge in [-0.05, 0) is 147 Å². The monoisotopic (exact) mass is 588 g/mol. The Labute approximate surface area is 270 Å². The van der Waals surface area contributed by atoms with Gasteiger partial charge in [0.05, 0.1) is 6.04 Å². The van der Waals surface area contributed by atoms with Gasteiger partial charge in [-0.3, -0.25) is 0 Å². The van der Waals surface area contributed by atoms with E-state index in [1.165, 1.54) is 67.3 Å². The Kier molecular flexibility index (Phi) is 8.76. The largest absolute Gasteiger partial charge is 0.334 e. The van der Waals surface area contributed by atoms with E-state index in [4.69, 9.17) is 0 Å². The third-order valence-corrected chi connectivity index (χ3v) is 8.94. The zero-order chi connectivity index (χ0) is 31.5. The van der Waals surface area contributed by atoms with Crippen molar-refractivity contribution in [1.82, 2.24) is 0 Å². The number of rotatable bonds is 8. The SMILES string of the molecule is CCc1cccc(N(c2ccc(-c3ccc(N(c4cccc(C)c4)c4cccc(C)c4)cc3C)c(C)c2)C2C=CC=C(C)C2)c1. The Balaban J connectivity index is 1.38. The fraction of sp³-hybridized carbons (Fsp3) is 0.209. The van der Waals surface area contributed by atoms with E-state index in [2.05, 4.69) is 179 Å². The number of hydrogen-bond acceptors (Lipinski definition) is 2. The van der Waals surface area contributed by atoms with Crippen LogP contribution in [0.25, 0.3) is 11.1 Å². The van der Waals surface area contributed by atoms with E-state index in [9.17, 15) is 0 Å². The first kappa shape index (κ1) is 30.2. The molecule has 0 heterocycles. The maximum Gasteiger partial charge on any atom is 0.0562 e. The molecular formula is C43H44N2. The van der Waals surface area contributed by atoms with Crippen molar-refractivity contribution in [3.63, 3.8) is 0 Å². The number of aryl methyl sites for hydroxylation is 5. The minimum atomic E-state index is 0.280. The van der Waals surface area contributed by atoms with Gasteiger partial charge in [-0.1, -0.05) is 79.3 Å². The molecule has 0 saturated carbocycles. The van der Waals surface area contributed by atoms with Gasteiger partial charge < -0.3 is 9.80 Å². The number of hydrogen-bond donors (Lipinski definition) is 0. The molecule has 1 aliphatic carbocycles. The Morgan fingerprint density at radius 3 is 1.69 bits per heavy atom. The zero-order valence-corrected chi connectivity index (χ0v) is 27.5. The van der Waals surface area contributed by atoms with Crippen LogP contribution in [0.15, 0.2) is 133 Å². The third-order valence-electron chi connectivity index (χ3n) is 8.94. The van der Waals surface area contributed by atoms with Crippen LogP contribution in [0.4, 0.5) is 28.4 Å². The summed E-state index contributed by atoms with van der Waals surface area (Å²) < 4.78 is 0. The highest BCUT2D eigenvalue weighted by Crippen LogP contribution is 2.40. The molecule has 0 radical (unpaired) electrons. The van der Waals surface area contributed by atoms with Gasteiger partial charge >= 0.3 is 0 Å². The van der Waals surface area contributed by atoms with Gasteiger partial charge in [0.15, 0.2) is 0 Å². The molecule has 2 nitrogen and oxygen atoms in total. The lowest BCUT2D eigenvalue weighted by Crippen LogP contribution is -2.30. The van der Waals surface area contributed by atoms with Crippen LogP contribution in [0.1, 0.15) is 48.1 Å². The Morgan fingerprint density at radius 1 is 0.578 bits per heavy atom. The van der Waals surface area contributed by atoms with Gasteiger partial charge in [0.1, 0.15) is 0 Å². The molecule has 6 rings (SSSR count). The van der Waals surface area contributed by atoms with Crippen molar-refractivity contribution < 1.29 is 0 Å². The molecule has 5 aromatic rings. The third kappa shape index (κ3) is 6.51. The van der Waals surface area contributed by atoms with Crippen LogP contribution < -0.4 is 9.80 Å². The molecule has 1 atom stereocenters. The van der Waals surface area contributed by atoms with Crippen LogP contribution in [-0.4, -0.2) is 6.04 Å². The normalized spacial score (nSPS) is 14.3. The van der Waals surface area contributed by atoms with Crippen molar-refractivity contribution >= 4 is 28.4 Å². The number of nitrogens with zero attached hydrogens (tertiary/aromatic N) is 2. The standard InChI is InChI=1S/C43H44N2/c1-7-35-15-11-19-39(29-35)45(38-18-10-14-32(4)26-38)41-21-23-43(34(6)28-41)42-22-20-40(27-33(42)5)44(36-16-8-12-30(2)24-36)37-17-9-13-31(3)25-37/h8-25,27-29,38H,7,26H2,1-6H3. The summed E-state index contributed by atoms with van der Waals surface area (Å²) >= 11 is 0. The lowest BCUT2D eigenvalue weighted by Gasteiger charge is -2.34. The van der Waals surface area contributed by atoms with E-state index in [0.717, 1.165) is 18.5 Å². The molecule has 1 aliphatic rings. The Bertz CT molecular complexity index is 1850. The predicted octanol–water partition coefficient (Wildman–Crippen LogP) is 12.0. The van der Waals surface area contributed by atoms with Crippen molar-refractivity contribution in [2.45, 2.75) is 60.4 Å².